The quantitative estimate of drug-likeness (QED) is 0.654. The first-order valence-electron chi connectivity index (χ1n) is 8.62. The normalized spacial score (nSPS) is 20.0. The number of hydrogen-bond donors (Lipinski definition) is 1. The van der Waals surface area contributed by atoms with Crippen LogP contribution < -0.4 is 5.32 Å². The fourth-order valence-corrected chi connectivity index (χ4v) is 3.82. The lowest BCUT2D eigenvalue weighted by molar-refractivity contribution is -0.386. The molecule has 1 aromatic rings. The fourth-order valence-electron chi connectivity index (χ4n) is 3.82. The molecule has 134 valence electrons. The highest BCUT2D eigenvalue weighted by molar-refractivity contribution is 5.98. The summed E-state index contributed by atoms with van der Waals surface area (Å²) in [6.45, 7) is 6.17. The van der Waals surface area contributed by atoms with E-state index >= 15 is 0 Å². The van der Waals surface area contributed by atoms with Gasteiger partial charge in [-0.2, -0.15) is 0 Å². The zero-order valence-corrected chi connectivity index (χ0v) is 14.8. The number of likely N-dealkylation sites (tertiary alicyclic amines) is 1. The van der Waals surface area contributed by atoms with Crippen LogP contribution in [0.1, 0.15) is 46.3 Å². The molecule has 1 aliphatic carbocycles. The van der Waals surface area contributed by atoms with Crippen molar-refractivity contribution in [1.29, 1.82) is 0 Å². The van der Waals surface area contributed by atoms with Gasteiger partial charge in [0.1, 0.15) is 0 Å². The maximum absolute atomic E-state index is 12.6. The van der Waals surface area contributed by atoms with Gasteiger partial charge in [-0.1, -0.05) is 0 Å². The number of rotatable bonds is 5. The van der Waals surface area contributed by atoms with E-state index in [1.165, 1.54) is 0 Å². The molecule has 0 bridgehead atoms. The molecule has 2 aliphatic rings. The summed E-state index contributed by atoms with van der Waals surface area (Å²) < 4.78 is 0. The van der Waals surface area contributed by atoms with Crippen LogP contribution in [0.3, 0.4) is 0 Å². The number of benzene rings is 1. The summed E-state index contributed by atoms with van der Waals surface area (Å²) in [4.78, 5) is 37.3. The average molecular weight is 345 g/mol. The van der Waals surface area contributed by atoms with E-state index in [4.69, 9.17) is 0 Å². The second kappa shape index (κ2) is 6.46. The lowest BCUT2D eigenvalue weighted by atomic mass is 9.96. The topological polar surface area (TPSA) is 92.5 Å². The van der Waals surface area contributed by atoms with E-state index < -0.39 is 4.92 Å². The first-order valence-corrected chi connectivity index (χ1v) is 8.62. The molecule has 0 radical (unpaired) electrons. The molecule has 2 amide bonds. The van der Waals surface area contributed by atoms with Crippen LogP contribution in [0.5, 0.6) is 0 Å². The number of nitro benzene ring substituents is 1. The van der Waals surface area contributed by atoms with Crippen LogP contribution in [-0.4, -0.2) is 40.8 Å². The minimum atomic E-state index is -0.440. The molecule has 1 aliphatic heterocycles. The van der Waals surface area contributed by atoms with E-state index in [0.29, 0.717) is 42.2 Å². The van der Waals surface area contributed by atoms with E-state index in [1.54, 1.807) is 26.8 Å². The van der Waals surface area contributed by atoms with Gasteiger partial charge < -0.3 is 10.2 Å². The Morgan fingerprint density at radius 2 is 2.00 bits per heavy atom. The van der Waals surface area contributed by atoms with E-state index in [-0.39, 0.29) is 23.4 Å². The van der Waals surface area contributed by atoms with Gasteiger partial charge in [-0.3, -0.25) is 19.7 Å². The summed E-state index contributed by atoms with van der Waals surface area (Å²) in [5.41, 5.74) is 2.02. The number of aryl methyl sites for hydroxylation is 2. The first kappa shape index (κ1) is 17.4. The number of carbonyl (C=O) groups is 2. The predicted octanol–water partition coefficient (Wildman–Crippen LogP) is 2.26. The molecule has 7 nitrogen and oxygen atoms in total. The van der Waals surface area contributed by atoms with Crippen molar-refractivity contribution in [3.05, 3.63) is 38.4 Å². The van der Waals surface area contributed by atoms with Gasteiger partial charge in [0.05, 0.1) is 10.5 Å². The van der Waals surface area contributed by atoms with Crippen molar-refractivity contribution in [1.82, 2.24) is 10.2 Å². The molecule has 0 spiro atoms. The Hall–Kier alpha value is -2.44. The Morgan fingerprint density at radius 1 is 1.32 bits per heavy atom. The molecule has 0 unspecified atom stereocenters. The van der Waals surface area contributed by atoms with Gasteiger partial charge in [-0.05, 0) is 45.2 Å². The molecular formula is C18H23N3O4. The maximum Gasteiger partial charge on any atom is 0.275 e. The first-order chi connectivity index (χ1) is 11.8. The van der Waals surface area contributed by atoms with Crippen LogP contribution in [0.2, 0.25) is 0 Å². The van der Waals surface area contributed by atoms with Crippen LogP contribution in [0, 0.1) is 36.8 Å². The Labute approximate surface area is 146 Å². The summed E-state index contributed by atoms with van der Waals surface area (Å²) in [6.07, 6.45) is 2.62. The molecule has 3 rings (SSSR count). The van der Waals surface area contributed by atoms with Gasteiger partial charge in [0.25, 0.3) is 11.6 Å². The smallest absolute Gasteiger partial charge is 0.275 e. The highest BCUT2D eigenvalue weighted by Gasteiger charge is 2.39. The Balaban J connectivity index is 1.70. The fraction of sp³-hybridized carbons (Fsp3) is 0.556. The molecule has 25 heavy (non-hydrogen) atoms. The van der Waals surface area contributed by atoms with Crippen molar-refractivity contribution in [3.8, 4) is 0 Å². The molecule has 1 atom stereocenters. The van der Waals surface area contributed by atoms with Crippen LogP contribution in [0.4, 0.5) is 5.69 Å². The molecule has 2 fully saturated rings. The monoisotopic (exact) mass is 345 g/mol. The van der Waals surface area contributed by atoms with Crippen LogP contribution >= 0.6 is 0 Å². The third-order valence-corrected chi connectivity index (χ3v) is 5.12. The minimum absolute atomic E-state index is 0.00768. The van der Waals surface area contributed by atoms with Crippen molar-refractivity contribution < 1.29 is 14.5 Å². The Bertz CT molecular complexity index is 755. The average Bonchev–Trinajstić information content (AvgIpc) is 3.27. The van der Waals surface area contributed by atoms with E-state index in [2.05, 4.69) is 5.32 Å². The maximum atomic E-state index is 12.6. The number of hydrogen-bond acceptors (Lipinski definition) is 4. The minimum Gasteiger partial charge on any atom is -0.352 e. The zero-order valence-electron chi connectivity index (χ0n) is 14.8. The van der Waals surface area contributed by atoms with Crippen molar-refractivity contribution >= 4 is 17.5 Å². The number of amides is 2. The summed E-state index contributed by atoms with van der Waals surface area (Å²) in [6, 6.07) is 2.07. The van der Waals surface area contributed by atoms with Crippen LogP contribution in [0.15, 0.2) is 6.07 Å². The second-order valence-corrected chi connectivity index (χ2v) is 7.17. The van der Waals surface area contributed by atoms with Crippen molar-refractivity contribution in [2.75, 3.05) is 13.1 Å². The third kappa shape index (κ3) is 3.36. The molecular weight excluding hydrogens is 322 g/mol. The molecule has 1 saturated heterocycles. The molecule has 1 N–H and O–H groups in total. The van der Waals surface area contributed by atoms with Gasteiger partial charge in [0, 0.05) is 42.6 Å². The summed E-state index contributed by atoms with van der Waals surface area (Å²) in [7, 11) is 0. The van der Waals surface area contributed by atoms with E-state index in [1.807, 2.05) is 4.90 Å². The number of nitrogens with one attached hydrogen (secondary N) is 1. The third-order valence-electron chi connectivity index (χ3n) is 5.12. The van der Waals surface area contributed by atoms with Gasteiger partial charge in [-0.15, -0.1) is 0 Å². The van der Waals surface area contributed by atoms with Crippen molar-refractivity contribution in [2.24, 2.45) is 5.92 Å². The molecule has 1 aromatic carbocycles. The molecule has 1 heterocycles. The van der Waals surface area contributed by atoms with Crippen molar-refractivity contribution in [2.45, 2.75) is 46.1 Å². The summed E-state index contributed by atoms with van der Waals surface area (Å²) >= 11 is 0. The number of nitro groups is 1. The van der Waals surface area contributed by atoms with Gasteiger partial charge >= 0.3 is 0 Å². The van der Waals surface area contributed by atoms with Crippen LogP contribution in [-0.2, 0) is 4.79 Å². The lowest BCUT2D eigenvalue weighted by Gasteiger charge is -2.16. The summed E-state index contributed by atoms with van der Waals surface area (Å²) in [5.74, 6) is -0.0337. The summed E-state index contributed by atoms with van der Waals surface area (Å²) in [5, 5.41) is 14.1. The van der Waals surface area contributed by atoms with Crippen molar-refractivity contribution in [3.63, 3.8) is 0 Å². The number of carbonyl (C=O) groups excluding carboxylic acids is 2. The van der Waals surface area contributed by atoms with E-state index in [0.717, 1.165) is 18.4 Å². The largest absolute Gasteiger partial charge is 0.352 e. The molecule has 1 saturated carbocycles. The van der Waals surface area contributed by atoms with Gasteiger partial charge in [0.2, 0.25) is 5.91 Å². The lowest BCUT2D eigenvalue weighted by Crippen LogP contribution is -2.32. The molecule has 7 heteroatoms. The number of nitrogens with zero attached hydrogens (tertiary/aromatic N) is 2. The Kier molecular flexibility index (Phi) is 4.49. The van der Waals surface area contributed by atoms with Crippen LogP contribution in [0.25, 0.3) is 0 Å². The standard InChI is InChI=1S/C18H23N3O4/c1-10-6-11(2)17(21(24)25)12(3)16(10)18(23)19-8-13-7-15(22)20(9-13)14-4-5-14/h6,13-14H,4-5,7-9H2,1-3H3,(H,19,23)/t13-/m1/s1. The van der Waals surface area contributed by atoms with E-state index in [9.17, 15) is 19.7 Å². The highest BCUT2D eigenvalue weighted by atomic mass is 16.6. The zero-order chi connectivity index (χ0) is 18.3. The predicted molar refractivity (Wildman–Crippen MR) is 92.5 cm³/mol. The second-order valence-electron chi connectivity index (χ2n) is 7.17. The van der Waals surface area contributed by atoms with Gasteiger partial charge in [-0.25, -0.2) is 0 Å². The van der Waals surface area contributed by atoms with Gasteiger partial charge in [0.15, 0.2) is 0 Å². The Morgan fingerprint density at radius 3 is 2.60 bits per heavy atom. The SMILES string of the molecule is Cc1cc(C)c([N+](=O)[O-])c(C)c1C(=O)NC[C@H]1CC(=O)N(C2CC2)C1. The highest BCUT2D eigenvalue weighted by Crippen LogP contribution is 2.32. The molecule has 0 aromatic heterocycles.